The van der Waals surface area contributed by atoms with Crippen molar-refractivity contribution < 1.29 is 0 Å². The molecule has 0 aromatic heterocycles. The van der Waals surface area contributed by atoms with Crippen LogP contribution in [0, 0.1) is 16.7 Å². The van der Waals surface area contributed by atoms with Gasteiger partial charge in [0, 0.05) is 5.41 Å². The van der Waals surface area contributed by atoms with Gasteiger partial charge in [-0.25, -0.2) is 0 Å². The third-order valence-corrected chi connectivity index (χ3v) is 2.22. The normalized spacial score (nSPS) is 52.9. The van der Waals surface area contributed by atoms with Crippen molar-refractivity contribution in [2.24, 2.45) is 17.1 Å². The molecular formula is C5H8N2. The molecule has 2 aliphatic carbocycles. The van der Waals surface area contributed by atoms with Gasteiger partial charge in [-0.05, 0) is 18.8 Å². The fourth-order valence-electron chi connectivity index (χ4n) is 1.14. The Morgan fingerprint density at radius 3 is 2.14 bits per heavy atom. The zero-order chi connectivity index (χ0) is 5.07. The van der Waals surface area contributed by atoms with Crippen molar-refractivity contribution in [3.8, 4) is 0 Å². The van der Waals surface area contributed by atoms with Gasteiger partial charge < -0.3 is 5.73 Å². The van der Waals surface area contributed by atoms with E-state index < -0.39 is 0 Å². The zero-order valence-electron chi connectivity index (χ0n) is 4.07. The summed E-state index contributed by atoms with van der Waals surface area (Å²) < 4.78 is 0. The van der Waals surface area contributed by atoms with Crippen molar-refractivity contribution in [2.75, 3.05) is 0 Å². The minimum atomic E-state index is 0.278. The first-order chi connectivity index (χ1) is 3.26. The summed E-state index contributed by atoms with van der Waals surface area (Å²) in [5, 5.41) is 7.03. The van der Waals surface area contributed by atoms with Gasteiger partial charge in [0.05, 0.1) is 5.84 Å². The largest absolute Gasteiger partial charge is 0.387 e. The van der Waals surface area contributed by atoms with Crippen LogP contribution < -0.4 is 5.73 Å². The Morgan fingerprint density at radius 2 is 2.14 bits per heavy atom. The third-order valence-electron chi connectivity index (χ3n) is 2.22. The molecule has 0 atom stereocenters. The van der Waals surface area contributed by atoms with Crippen LogP contribution in [0.4, 0.5) is 0 Å². The van der Waals surface area contributed by atoms with E-state index in [1.165, 1.54) is 12.8 Å². The van der Waals surface area contributed by atoms with E-state index in [0.29, 0.717) is 5.84 Å². The third kappa shape index (κ3) is 0.216. The lowest BCUT2D eigenvalue weighted by Gasteiger charge is -1.94. The average molecular weight is 96.1 g/mol. The molecule has 2 nitrogen and oxygen atoms in total. The SMILES string of the molecule is N=C(N)[C@]12C[C@@H]1C2. The molecule has 0 amide bonds. The van der Waals surface area contributed by atoms with Gasteiger partial charge in [-0.3, -0.25) is 5.41 Å². The molecule has 0 bridgehead atoms. The summed E-state index contributed by atoms with van der Waals surface area (Å²) >= 11 is 0. The lowest BCUT2D eigenvalue weighted by Crippen LogP contribution is -2.16. The van der Waals surface area contributed by atoms with Crippen LogP contribution in [0.3, 0.4) is 0 Å². The lowest BCUT2D eigenvalue weighted by atomic mass is 10.2. The second kappa shape index (κ2) is 0.602. The Labute approximate surface area is 42.2 Å². The molecule has 0 unspecified atom stereocenters. The summed E-state index contributed by atoms with van der Waals surface area (Å²) in [4.78, 5) is 0. The summed E-state index contributed by atoms with van der Waals surface area (Å²) in [5.74, 6) is 1.27. The van der Waals surface area contributed by atoms with Crippen molar-refractivity contribution >= 4 is 5.84 Å². The van der Waals surface area contributed by atoms with Crippen molar-refractivity contribution in [1.29, 1.82) is 5.41 Å². The maximum atomic E-state index is 7.03. The van der Waals surface area contributed by atoms with Crippen LogP contribution in [0.15, 0.2) is 0 Å². The van der Waals surface area contributed by atoms with E-state index in [0.717, 1.165) is 5.92 Å². The minimum absolute atomic E-state index is 0.278. The predicted molar refractivity (Wildman–Crippen MR) is 27.1 cm³/mol. The predicted octanol–water partition coefficient (Wildman–Crippen LogP) is 0.332. The number of nitrogens with one attached hydrogen (secondary N) is 1. The zero-order valence-corrected chi connectivity index (χ0v) is 4.07. The quantitative estimate of drug-likeness (QED) is 0.358. The molecule has 0 radical (unpaired) electrons. The fraction of sp³-hybridized carbons (Fsp3) is 0.800. The molecular weight excluding hydrogens is 88.1 g/mol. The molecule has 0 aromatic carbocycles. The molecule has 0 saturated heterocycles. The summed E-state index contributed by atoms with van der Waals surface area (Å²) in [6.45, 7) is 0. The van der Waals surface area contributed by atoms with Crippen LogP contribution >= 0.6 is 0 Å². The second-order valence-corrected chi connectivity index (χ2v) is 2.67. The van der Waals surface area contributed by atoms with E-state index in [4.69, 9.17) is 11.1 Å². The van der Waals surface area contributed by atoms with E-state index in [-0.39, 0.29) is 5.41 Å². The van der Waals surface area contributed by atoms with Gasteiger partial charge in [0.2, 0.25) is 0 Å². The molecule has 0 heterocycles. The molecule has 2 rings (SSSR count). The van der Waals surface area contributed by atoms with Gasteiger partial charge in [-0.1, -0.05) is 0 Å². The van der Waals surface area contributed by atoms with Crippen molar-refractivity contribution in [3.05, 3.63) is 0 Å². The van der Waals surface area contributed by atoms with Gasteiger partial charge >= 0.3 is 0 Å². The van der Waals surface area contributed by atoms with Crippen molar-refractivity contribution in [3.63, 3.8) is 0 Å². The van der Waals surface area contributed by atoms with Crippen molar-refractivity contribution in [1.82, 2.24) is 0 Å². The van der Waals surface area contributed by atoms with Crippen LogP contribution in [0.25, 0.3) is 0 Å². The fourth-order valence-corrected chi connectivity index (χ4v) is 1.14. The monoisotopic (exact) mass is 96.1 g/mol. The smallest absolute Gasteiger partial charge is 0.0971 e. The number of rotatable bonds is 1. The first-order valence-corrected chi connectivity index (χ1v) is 2.60. The highest BCUT2D eigenvalue weighted by molar-refractivity contribution is 5.90. The van der Waals surface area contributed by atoms with Crippen LogP contribution in [-0.4, -0.2) is 5.84 Å². The van der Waals surface area contributed by atoms with Crippen LogP contribution in [0.5, 0.6) is 0 Å². The first-order valence-electron chi connectivity index (χ1n) is 2.60. The Balaban J connectivity index is 2.22. The molecule has 2 aliphatic rings. The first kappa shape index (κ1) is 3.47. The molecule has 0 aromatic rings. The number of hydrogen-bond acceptors (Lipinski definition) is 1. The van der Waals surface area contributed by atoms with Gasteiger partial charge in [0.1, 0.15) is 0 Å². The standard InChI is InChI=1S/C5H8N2/c6-4(7)5-1-3(5)2-5/h3H,1-2H2,(H3,6,7)/t3-,5+. The average Bonchev–Trinajstić information content (AvgIpc) is 2.04. The highest BCUT2D eigenvalue weighted by atomic mass is 14.9. The van der Waals surface area contributed by atoms with E-state index in [1.807, 2.05) is 0 Å². The minimum Gasteiger partial charge on any atom is -0.387 e. The Bertz CT molecular complexity index is 133. The number of nitrogens with two attached hydrogens (primary N) is 1. The Hall–Kier alpha value is -0.530. The topological polar surface area (TPSA) is 49.9 Å². The van der Waals surface area contributed by atoms with Gasteiger partial charge in [0.25, 0.3) is 0 Å². The van der Waals surface area contributed by atoms with Gasteiger partial charge in [-0.2, -0.15) is 0 Å². The number of hydrogen-bond donors (Lipinski definition) is 2. The Morgan fingerprint density at radius 1 is 1.71 bits per heavy atom. The summed E-state index contributed by atoms with van der Waals surface area (Å²) in [6.07, 6.45) is 2.42. The summed E-state index contributed by atoms with van der Waals surface area (Å²) in [7, 11) is 0. The van der Waals surface area contributed by atoms with Gasteiger partial charge in [0.15, 0.2) is 0 Å². The molecule has 3 N–H and O–H groups in total. The molecule has 0 aliphatic heterocycles. The van der Waals surface area contributed by atoms with Crippen LogP contribution in [-0.2, 0) is 0 Å². The molecule has 38 valence electrons. The maximum Gasteiger partial charge on any atom is 0.0971 e. The lowest BCUT2D eigenvalue weighted by molar-refractivity contribution is 0.822. The molecule has 2 heteroatoms. The van der Waals surface area contributed by atoms with Crippen LogP contribution in [0.2, 0.25) is 0 Å². The maximum absolute atomic E-state index is 7.03. The molecule has 2 fully saturated rings. The highest BCUT2D eigenvalue weighted by Gasteiger charge is 2.71. The highest BCUT2D eigenvalue weighted by Crippen LogP contribution is 2.75. The van der Waals surface area contributed by atoms with E-state index in [9.17, 15) is 0 Å². The molecule has 0 spiro atoms. The molecule has 7 heavy (non-hydrogen) atoms. The van der Waals surface area contributed by atoms with E-state index in [1.54, 1.807) is 0 Å². The Kier molecular flexibility index (Phi) is 0.299. The van der Waals surface area contributed by atoms with Crippen LogP contribution in [0.1, 0.15) is 12.8 Å². The number of amidine groups is 1. The number of fused-ring (bicyclic) bond motifs is 1. The van der Waals surface area contributed by atoms with Gasteiger partial charge in [-0.15, -0.1) is 0 Å². The molecule has 2 saturated carbocycles. The summed E-state index contributed by atoms with van der Waals surface area (Å²) in [6, 6.07) is 0. The second-order valence-electron chi connectivity index (χ2n) is 2.67. The van der Waals surface area contributed by atoms with E-state index in [2.05, 4.69) is 0 Å². The van der Waals surface area contributed by atoms with E-state index >= 15 is 0 Å². The van der Waals surface area contributed by atoms with Crippen molar-refractivity contribution in [2.45, 2.75) is 12.8 Å². The summed E-state index contributed by atoms with van der Waals surface area (Å²) in [5.41, 5.74) is 5.53.